The van der Waals surface area contributed by atoms with Crippen LogP contribution >= 0.6 is 0 Å². The van der Waals surface area contributed by atoms with Gasteiger partial charge in [-0.2, -0.15) is 4.98 Å². The monoisotopic (exact) mass is 262 g/mol. The molecule has 0 aliphatic heterocycles. The number of nitrogens with zero attached hydrogens (tertiary/aromatic N) is 3. The second kappa shape index (κ2) is 4.45. The minimum Gasteiger partial charge on any atom is -0.351 e. The first kappa shape index (κ1) is 12.3. The predicted molar refractivity (Wildman–Crippen MR) is 68.0 cm³/mol. The van der Waals surface area contributed by atoms with Gasteiger partial charge >= 0.3 is 0 Å². The molecule has 102 valence electrons. The minimum absolute atomic E-state index is 0.346. The van der Waals surface area contributed by atoms with Gasteiger partial charge in [0.05, 0.1) is 11.2 Å². The number of rotatable bonds is 2. The van der Waals surface area contributed by atoms with E-state index in [2.05, 4.69) is 22.2 Å². The van der Waals surface area contributed by atoms with Crippen LogP contribution in [0.15, 0.2) is 15.1 Å². The highest BCUT2D eigenvalue weighted by atomic mass is 16.5. The summed E-state index contributed by atoms with van der Waals surface area (Å²) in [6, 6.07) is 1.77. The van der Waals surface area contributed by atoms with E-state index in [0.717, 1.165) is 37.3 Å². The third-order valence-corrected chi connectivity index (χ3v) is 3.88. The molecule has 0 saturated heterocycles. The fraction of sp³-hybridized carbons (Fsp3) is 0.615. The van der Waals surface area contributed by atoms with Gasteiger partial charge in [0, 0.05) is 6.07 Å². The van der Waals surface area contributed by atoms with E-state index >= 15 is 0 Å². The summed E-state index contributed by atoms with van der Waals surface area (Å²) in [6.45, 7) is 4.09. The van der Waals surface area contributed by atoms with E-state index in [-0.39, 0.29) is 0 Å². The maximum atomic E-state index is 6.41. The maximum Gasteiger partial charge on any atom is 0.296 e. The topological polar surface area (TPSA) is 91.0 Å². The standard InChI is InChI=1S/C13H18N4O2/c1-8-3-5-13(14,6-4-8)12-15-11(19-17-12)10-7-9(2)16-18-10/h7-8H,3-6,14H2,1-2H3. The largest absolute Gasteiger partial charge is 0.351 e. The normalized spacial score (nSPS) is 27.6. The molecule has 0 radical (unpaired) electrons. The maximum absolute atomic E-state index is 6.41. The van der Waals surface area contributed by atoms with E-state index in [1.54, 1.807) is 6.07 Å². The number of aryl methyl sites for hydroxylation is 1. The lowest BCUT2D eigenvalue weighted by molar-refractivity contribution is 0.230. The lowest BCUT2D eigenvalue weighted by atomic mass is 9.77. The Morgan fingerprint density at radius 3 is 2.63 bits per heavy atom. The molecule has 0 atom stereocenters. The van der Waals surface area contributed by atoms with Crippen LogP contribution in [0.25, 0.3) is 11.7 Å². The Morgan fingerprint density at radius 1 is 1.26 bits per heavy atom. The smallest absolute Gasteiger partial charge is 0.296 e. The van der Waals surface area contributed by atoms with Crippen LogP contribution in [-0.2, 0) is 5.54 Å². The van der Waals surface area contributed by atoms with Gasteiger partial charge in [0.1, 0.15) is 0 Å². The Labute approximate surface area is 111 Å². The summed E-state index contributed by atoms with van der Waals surface area (Å²) in [5.41, 5.74) is 6.72. The van der Waals surface area contributed by atoms with Crippen molar-refractivity contribution in [3.63, 3.8) is 0 Å². The Morgan fingerprint density at radius 2 is 2.00 bits per heavy atom. The third kappa shape index (κ3) is 2.28. The van der Waals surface area contributed by atoms with Gasteiger partial charge in [-0.05, 0) is 38.5 Å². The first-order chi connectivity index (χ1) is 9.07. The van der Waals surface area contributed by atoms with Gasteiger partial charge in [0.2, 0.25) is 5.76 Å². The van der Waals surface area contributed by atoms with Gasteiger partial charge in [0.15, 0.2) is 5.82 Å². The summed E-state index contributed by atoms with van der Waals surface area (Å²) >= 11 is 0. The van der Waals surface area contributed by atoms with Crippen LogP contribution in [0, 0.1) is 12.8 Å². The average molecular weight is 262 g/mol. The number of hydrogen-bond acceptors (Lipinski definition) is 6. The molecule has 0 aromatic carbocycles. The second-order valence-corrected chi connectivity index (χ2v) is 5.59. The molecule has 1 fully saturated rings. The summed E-state index contributed by atoms with van der Waals surface area (Å²) in [5, 5.41) is 7.83. The Balaban J connectivity index is 1.85. The molecule has 2 heterocycles. The molecular weight excluding hydrogens is 244 g/mol. The number of nitrogens with two attached hydrogens (primary N) is 1. The van der Waals surface area contributed by atoms with Crippen molar-refractivity contribution < 1.29 is 9.05 Å². The van der Waals surface area contributed by atoms with E-state index in [9.17, 15) is 0 Å². The predicted octanol–water partition coefficient (Wildman–Crippen LogP) is 2.40. The fourth-order valence-electron chi connectivity index (χ4n) is 2.49. The summed E-state index contributed by atoms with van der Waals surface area (Å²) in [6.07, 6.45) is 3.98. The van der Waals surface area contributed by atoms with E-state index in [0.29, 0.717) is 17.5 Å². The highest BCUT2D eigenvalue weighted by Crippen LogP contribution is 2.36. The molecule has 2 N–H and O–H groups in total. The van der Waals surface area contributed by atoms with Crippen molar-refractivity contribution in [3.8, 4) is 11.7 Å². The summed E-state index contributed by atoms with van der Waals surface area (Å²) < 4.78 is 10.3. The van der Waals surface area contributed by atoms with Gasteiger partial charge < -0.3 is 14.8 Å². The highest BCUT2D eigenvalue weighted by molar-refractivity contribution is 5.43. The molecule has 1 aliphatic carbocycles. The molecule has 0 bridgehead atoms. The van der Waals surface area contributed by atoms with Crippen LogP contribution in [0.1, 0.15) is 44.1 Å². The minimum atomic E-state index is -0.469. The van der Waals surface area contributed by atoms with Crippen LogP contribution in [0.4, 0.5) is 0 Å². The van der Waals surface area contributed by atoms with Crippen molar-refractivity contribution in [2.24, 2.45) is 11.7 Å². The molecule has 1 aliphatic rings. The van der Waals surface area contributed by atoms with Crippen molar-refractivity contribution in [2.45, 2.75) is 45.1 Å². The van der Waals surface area contributed by atoms with E-state index in [4.69, 9.17) is 14.8 Å². The van der Waals surface area contributed by atoms with Crippen molar-refractivity contribution in [1.29, 1.82) is 0 Å². The van der Waals surface area contributed by atoms with E-state index in [1.165, 1.54) is 0 Å². The van der Waals surface area contributed by atoms with Gasteiger partial charge in [-0.3, -0.25) is 0 Å². The first-order valence-corrected chi connectivity index (χ1v) is 6.63. The third-order valence-electron chi connectivity index (χ3n) is 3.88. The average Bonchev–Trinajstić information content (AvgIpc) is 3.02. The van der Waals surface area contributed by atoms with Gasteiger partial charge in [-0.25, -0.2) is 0 Å². The van der Waals surface area contributed by atoms with Crippen molar-refractivity contribution in [3.05, 3.63) is 17.6 Å². The molecule has 0 unspecified atom stereocenters. The Kier molecular flexibility index (Phi) is 2.89. The first-order valence-electron chi connectivity index (χ1n) is 6.63. The molecule has 19 heavy (non-hydrogen) atoms. The molecule has 6 nitrogen and oxygen atoms in total. The fourth-order valence-corrected chi connectivity index (χ4v) is 2.49. The lowest BCUT2D eigenvalue weighted by Gasteiger charge is -2.33. The Bertz CT molecular complexity index is 567. The zero-order valence-corrected chi connectivity index (χ0v) is 11.2. The number of hydrogen-bond donors (Lipinski definition) is 1. The van der Waals surface area contributed by atoms with E-state index in [1.807, 2.05) is 6.92 Å². The van der Waals surface area contributed by atoms with Crippen LogP contribution in [0.3, 0.4) is 0 Å². The van der Waals surface area contributed by atoms with Crippen molar-refractivity contribution >= 4 is 0 Å². The van der Waals surface area contributed by atoms with Gasteiger partial charge in [-0.1, -0.05) is 17.2 Å². The number of aromatic nitrogens is 3. The van der Waals surface area contributed by atoms with Crippen molar-refractivity contribution in [2.75, 3.05) is 0 Å². The molecule has 3 rings (SSSR count). The quantitative estimate of drug-likeness (QED) is 0.893. The lowest BCUT2D eigenvalue weighted by Crippen LogP contribution is -2.41. The van der Waals surface area contributed by atoms with Gasteiger partial charge in [0.25, 0.3) is 5.89 Å². The van der Waals surface area contributed by atoms with Crippen LogP contribution in [0.2, 0.25) is 0 Å². The second-order valence-electron chi connectivity index (χ2n) is 5.59. The summed E-state index contributed by atoms with van der Waals surface area (Å²) in [5.74, 6) is 2.13. The van der Waals surface area contributed by atoms with E-state index < -0.39 is 5.54 Å². The van der Waals surface area contributed by atoms with Crippen LogP contribution < -0.4 is 5.73 Å². The summed E-state index contributed by atoms with van der Waals surface area (Å²) in [7, 11) is 0. The van der Waals surface area contributed by atoms with Crippen LogP contribution in [-0.4, -0.2) is 15.3 Å². The SMILES string of the molecule is Cc1cc(-c2nc(C3(N)CCC(C)CC3)no2)on1. The van der Waals surface area contributed by atoms with Crippen molar-refractivity contribution in [1.82, 2.24) is 15.3 Å². The molecular formula is C13H18N4O2. The molecule has 1 saturated carbocycles. The molecule has 0 spiro atoms. The Hall–Kier alpha value is -1.69. The zero-order chi connectivity index (χ0) is 13.5. The van der Waals surface area contributed by atoms with Gasteiger partial charge in [-0.15, -0.1) is 0 Å². The molecule has 2 aromatic heterocycles. The molecule has 2 aromatic rings. The molecule has 0 amide bonds. The summed E-state index contributed by atoms with van der Waals surface area (Å²) in [4.78, 5) is 4.38. The zero-order valence-electron chi connectivity index (χ0n) is 11.2. The molecule has 6 heteroatoms. The highest BCUT2D eigenvalue weighted by Gasteiger charge is 2.36. The van der Waals surface area contributed by atoms with Crippen LogP contribution in [0.5, 0.6) is 0 Å².